The van der Waals surface area contributed by atoms with Gasteiger partial charge in [0, 0.05) is 23.4 Å². The SMILES string of the molecule is O=c1ccc(-c2ccccc2Oc2ccccc2)c[nH]1. The van der Waals surface area contributed by atoms with E-state index in [0.29, 0.717) is 0 Å². The van der Waals surface area contributed by atoms with E-state index < -0.39 is 0 Å². The Bertz CT molecular complexity index is 743. The van der Waals surface area contributed by atoms with E-state index in [1.807, 2.05) is 54.6 Å². The molecule has 0 atom stereocenters. The van der Waals surface area contributed by atoms with Crippen LogP contribution < -0.4 is 10.3 Å². The number of hydrogen-bond acceptors (Lipinski definition) is 2. The van der Waals surface area contributed by atoms with Crippen molar-refractivity contribution in [1.29, 1.82) is 0 Å². The number of pyridine rings is 1. The van der Waals surface area contributed by atoms with Gasteiger partial charge in [-0.2, -0.15) is 0 Å². The molecule has 0 aliphatic rings. The number of hydrogen-bond donors (Lipinski definition) is 1. The minimum Gasteiger partial charge on any atom is -0.457 e. The fourth-order valence-corrected chi connectivity index (χ4v) is 1.99. The number of rotatable bonds is 3. The molecule has 3 nitrogen and oxygen atoms in total. The lowest BCUT2D eigenvalue weighted by Gasteiger charge is -2.10. The summed E-state index contributed by atoms with van der Waals surface area (Å²) in [5.41, 5.74) is 1.74. The fourth-order valence-electron chi connectivity index (χ4n) is 1.99. The summed E-state index contributed by atoms with van der Waals surface area (Å²) in [4.78, 5) is 13.8. The van der Waals surface area contributed by atoms with Gasteiger partial charge in [0.15, 0.2) is 0 Å². The van der Waals surface area contributed by atoms with Crippen LogP contribution in [0.5, 0.6) is 11.5 Å². The van der Waals surface area contributed by atoms with Crippen LogP contribution in [0.1, 0.15) is 0 Å². The van der Waals surface area contributed by atoms with E-state index in [1.165, 1.54) is 6.07 Å². The number of para-hydroxylation sites is 2. The fraction of sp³-hybridized carbons (Fsp3) is 0. The molecule has 0 bridgehead atoms. The van der Waals surface area contributed by atoms with Gasteiger partial charge in [0.25, 0.3) is 0 Å². The first-order chi connectivity index (χ1) is 9.83. The van der Waals surface area contributed by atoms with E-state index >= 15 is 0 Å². The standard InChI is InChI=1S/C17H13NO2/c19-17-11-10-13(12-18-17)15-8-4-5-9-16(15)20-14-6-2-1-3-7-14/h1-12H,(H,18,19). The van der Waals surface area contributed by atoms with E-state index in [9.17, 15) is 4.79 Å². The highest BCUT2D eigenvalue weighted by Gasteiger charge is 2.06. The topological polar surface area (TPSA) is 42.1 Å². The lowest BCUT2D eigenvalue weighted by molar-refractivity contribution is 0.484. The van der Waals surface area contributed by atoms with Crippen LogP contribution in [0.2, 0.25) is 0 Å². The highest BCUT2D eigenvalue weighted by molar-refractivity contribution is 5.69. The summed E-state index contributed by atoms with van der Waals surface area (Å²) in [6.45, 7) is 0. The maximum Gasteiger partial charge on any atom is 0.247 e. The summed E-state index contributed by atoms with van der Waals surface area (Å²) in [5, 5.41) is 0. The molecule has 20 heavy (non-hydrogen) atoms. The van der Waals surface area contributed by atoms with Gasteiger partial charge in [-0.3, -0.25) is 4.79 Å². The molecule has 1 heterocycles. The van der Waals surface area contributed by atoms with Crippen LogP contribution in [0, 0.1) is 0 Å². The average Bonchev–Trinajstić information content (AvgIpc) is 2.50. The third-order valence-corrected chi connectivity index (χ3v) is 2.95. The lowest BCUT2D eigenvalue weighted by Crippen LogP contribution is -2.01. The van der Waals surface area contributed by atoms with Gasteiger partial charge in [0.1, 0.15) is 11.5 Å². The van der Waals surface area contributed by atoms with E-state index in [4.69, 9.17) is 4.74 Å². The second kappa shape index (κ2) is 5.45. The molecular formula is C17H13NO2. The predicted molar refractivity (Wildman–Crippen MR) is 79.0 cm³/mol. The van der Waals surface area contributed by atoms with Crippen LogP contribution in [-0.4, -0.2) is 4.98 Å². The maximum atomic E-state index is 11.1. The highest BCUT2D eigenvalue weighted by Crippen LogP contribution is 2.32. The molecule has 0 saturated heterocycles. The second-order valence-electron chi connectivity index (χ2n) is 4.35. The van der Waals surface area contributed by atoms with Crippen molar-refractivity contribution in [3.63, 3.8) is 0 Å². The van der Waals surface area contributed by atoms with Crippen LogP contribution >= 0.6 is 0 Å². The first kappa shape index (κ1) is 12.2. The van der Waals surface area contributed by atoms with Crippen molar-refractivity contribution in [2.75, 3.05) is 0 Å². The second-order valence-corrected chi connectivity index (χ2v) is 4.35. The van der Waals surface area contributed by atoms with Gasteiger partial charge in [0.05, 0.1) is 0 Å². The van der Waals surface area contributed by atoms with Gasteiger partial charge in [-0.05, 0) is 24.3 Å². The molecule has 0 fully saturated rings. The Morgan fingerprint density at radius 1 is 0.800 bits per heavy atom. The molecule has 0 unspecified atom stereocenters. The van der Waals surface area contributed by atoms with Crippen molar-refractivity contribution in [3.05, 3.63) is 83.3 Å². The van der Waals surface area contributed by atoms with Gasteiger partial charge >= 0.3 is 0 Å². The van der Waals surface area contributed by atoms with Crippen molar-refractivity contribution < 1.29 is 4.74 Å². The van der Waals surface area contributed by atoms with E-state index in [1.54, 1.807) is 12.3 Å². The van der Waals surface area contributed by atoms with Crippen molar-refractivity contribution >= 4 is 0 Å². The Morgan fingerprint density at radius 2 is 1.55 bits per heavy atom. The van der Waals surface area contributed by atoms with E-state index in [2.05, 4.69) is 4.98 Å². The molecule has 0 saturated carbocycles. The summed E-state index contributed by atoms with van der Waals surface area (Å²) in [5.74, 6) is 1.54. The summed E-state index contributed by atoms with van der Waals surface area (Å²) < 4.78 is 5.90. The zero-order valence-corrected chi connectivity index (χ0v) is 10.7. The minimum atomic E-state index is -0.116. The minimum absolute atomic E-state index is 0.116. The van der Waals surface area contributed by atoms with Crippen LogP contribution in [0.3, 0.4) is 0 Å². The quantitative estimate of drug-likeness (QED) is 0.780. The van der Waals surface area contributed by atoms with Crippen molar-refractivity contribution in [3.8, 4) is 22.6 Å². The Hall–Kier alpha value is -2.81. The first-order valence-corrected chi connectivity index (χ1v) is 6.34. The summed E-state index contributed by atoms with van der Waals surface area (Å²) in [6, 6.07) is 20.6. The van der Waals surface area contributed by atoms with Crippen LogP contribution in [0.4, 0.5) is 0 Å². The number of aromatic amines is 1. The van der Waals surface area contributed by atoms with E-state index in [0.717, 1.165) is 22.6 Å². The number of H-pyrrole nitrogens is 1. The number of benzene rings is 2. The molecule has 3 heteroatoms. The largest absolute Gasteiger partial charge is 0.457 e. The normalized spacial score (nSPS) is 10.2. The third kappa shape index (κ3) is 2.62. The molecule has 0 aliphatic heterocycles. The highest BCUT2D eigenvalue weighted by atomic mass is 16.5. The summed E-state index contributed by atoms with van der Waals surface area (Å²) in [7, 11) is 0. The molecule has 0 aliphatic carbocycles. The Balaban J connectivity index is 2.00. The first-order valence-electron chi connectivity index (χ1n) is 6.34. The van der Waals surface area contributed by atoms with Gasteiger partial charge in [-0.1, -0.05) is 36.4 Å². The Labute approximate surface area is 116 Å². The van der Waals surface area contributed by atoms with Crippen LogP contribution in [0.15, 0.2) is 77.7 Å². The number of aromatic nitrogens is 1. The molecule has 1 N–H and O–H groups in total. The molecule has 3 aromatic rings. The van der Waals surface area contributed by atoms with Crippen LogP contribution in [0.25, 0.3) is 11.1 Å². The molecular weight excluding hydrogens is 250 g/mol. The van der Waals surface area contributed by atoms with Gasteiger partial charge in [0.2, 0.25) is 5.56 Å². The van der Waals surface area contributed by atoms with Gasteiger partial charge < -0.3 is 9.72 Å². The lowest BCUT2D eigenvalue weighted by atomic mass is 10.1. The Kier molecular flexibility index (Phi) is 3.33. The predicted octanol–water partition coefficient (Wildman–Crippen LogP) is 3.83. The smallest absolute Gasteiger partial charge is 0.247 e. The summed E-state index contributed by atoms with van der Waals surface area (Å²) in [6.07, 6.45) is 1.69. The van der Waals surface area contributed by atoms with Gasteiger partial charge in [-0.15, -0.1) is 0 Å². The zero-order chi connectivity index (χ0) is 13.8. The molecule has 0 amide bonds. The number of ether oxygens (including phenoxy) is 1. The number of nitrogens with one attached hydrogen (secondary N) is 1. The molecule has 0 spiro atoms. The van der Waals surface area contributed by atoms with Crippen LogP contribution in [-0.2, 0) is 0 Å². The van der Waals surface area contributed by atoms with Crippen molar-refractivity contribution in [2.45, 2.75) is 0 Å². The Morgan fingerprint density at radius 3 is 2.30 bits per heavy atom. The monoisotopic (exact) mass is 263 g/mol. The van der Waals surface area contributed by atoms with Crippen molar-refractivity contribution in [1.82, 2.24) is 4.98 Å². The zero-order valence-electron chi connectivity index (χ0n) is 10.7. The third-order valence-electron chi connectivity index (χ3n) is 2.95. The van der Waals surface area contributed by atoms with Gasteiger partial charge in [-0.25, -0.2) is 0 Å². The molecule has 3 rings (SSSR count). The summed E-state index contributed by atoms with van der Waals surface area (Å²) >= 11 is 0. The van der Waals surface area contributed by atoms with Crippen molar-refractivity contribution in [2.24, 2.45) is 0 Å². The average molecular weight is 263 g/mol. The maximum absolute atomic E-state index is 11.1. The molecule has 1 aromatic heterocycles. The van der Waals surface area contributed by atoms with E-state index in [-0.39, 0.29) is 5.56 Å². The molecule has 98 valence electrons. The molecule has 0 radical (unpaired) electrons. The molecule has 2 aromatic carbocycles.